The molecule has 1 heterocycles. The Hall–Kier alpha value is -3.69. The van der Waals surface area contributed by atoms with Crippen molar-refractivity contribution in [1.29, 1.82) is 0 Å². The van der Waals surface area contributed by atoms with E-state index in [-0.39, 0.29) is 48.2 Å². The van der Waals surface area contributed by atoms with Gasteiger partial charge < -0.3 is 20.6 Å². The summed E-state index contributed by atoms with van der Waals surface area (Å²) in [4.78, 5) is 28.1. The van der Waals surface area contributed by atoms with Gasteiger partial charge in [-0.15, -0.1) is 0 Å². The number of phenols is 1. The minimum Gasteiger partial charge on any atom is -0.508 e. The zero-order chi connectivity index (χ0) is 27.4. The molecule has 5 rings (SSSR count). The second-order valence-corrected chi connectivity index (χ2v) is 12.5. The molecule has 2 amide bonds. The molecule has 3 N–H and O–H groups in total. The second kappa shape index (κ2) is 11.6. The molecule has 0 radical (unpaired) electrons. The van der Waals surface area contributed by atoms with Crippen LogP contribution in [-0.4, -0.2) is 73.5 Å². The van der Waals surface area contributed by atoms with Gasteiger partial charge in [-0.1, -0.05) is 54.6 Å². The predicted molar refractivity (Wildman–Crippen MR) is 150 cm³/mol. The van der Waals surface area contributed by atoms with E-state index in [2.05, 4.69) is 10.6 Å². The Labute approximate surface area is 229 Å². The number of phenolic OH excluding ortho intramolecular Hbond substituents is 1. The number of sulfone groups is 1. The first-order valence-corrected chi connectivity index (χ1v) is 15.1. The molecule has 1 saturated heterocycles. The summed E-state index contributed by atoms with van der Waals surface area (Å²) in [7, 11) is -3.13. The summed E-state index contributed by atoms with van der Waals surface area (Å²) in [6.07, 6.45) is 1.35. The van der Waals surface area contributed by atoms with Crippen LogP contribution in [0.3, 0.4) is 0 Å². The minimum atomic E-state index is -3.13. The third kappa shape index (κ3) is 6.85. The molecule has 0 spiro atoms. The lowest BCUT2D eigenvalue weighted by Crippen LogP contribution is -2.53. The van der Waals surface area contributed by atoms with Gasteiger partial charge in [0.2, 0.25) is 5.91 Å². The maximum Gasteiger partial charge on any atom is 0.251 e. The van der Waals surface area contributed by atoms with Gasteiger partial charge in [0.05, 0.1) is 11.5 Å². The lowest BCUT2D eigenvalue weighted by atomic mass is 10.0. The Balaban J connectivity index is 1.22. The first-order chi connectivity index (χ1) is 18.8. The van der Waals surface area contributed by atoms with Crippen LogP contribution in [0, 0.1) is 0 Å². The number of carbonyl (C=O) groups is 2. The van der Waals surface area contributed by atoms with Crippen molar-refractivity contribution < 1.29 is 23.1 Å². The van der Waals surface area contributed by atoms with Crippen LogP contribution in [0.25, 0.3) is 11.1 Å². The Morgan fingerprint density at radius 2 is 1.54 bits per heavy atom. The topological polar surface area (TPSA) is 116 Å². The molecule has 3 aromatic carbocycles. The lowest BCUT2D eigenvalue weighted by molar-refractivity contribution is -0.133. The van der Waals surface area contributed by atoms with Gasteiger partial charge in [0.15, 0.2) is 9.84 Å². The summed E-state index contributed by atoms with van der Waals surface area (Å²) in [6.45, 7) is 0.797. The third-order valence-corrected chi connectivity index (χ3v) is 9.07. The molecule has 0 aromatic heterocycles. The number of nitrogens with zero attached hydrogens (tertiary/aromatic N) is 1. The number of benzene rings is 3. The first-order valence-electron chi connectivity index (χ1n) is 13.3. The SMILES string of the molecule is O=C(N[C@@H](CCN[C@@H]1C[C@H]1c1ccc(O)cc1)C(=O)N1CCS(=O)(=O)CC1)c1ccc(-c2ccccc2)cc1. The molecule has 2 fully saturated rings. The fourth-order valence-corrected chi connectivity index (χ4v) is 6.22. The smallest absolute Gasteiger partial charge is 0.251 e. The maximum atomic E-state index is 13.4. The number of carbonyl (C=O) groups excluding carboxylic acids is 2. The van der Waals surface area contributed by atoms with E-state index < -0.39 is 15.9 Å². The second-order valence-electron chi connectivity index (χ2n) is 10.2. The number of rotatable bonds is 9. The average molecular weight is 548 g/mol. The molecule has 9 heteroatoms. The summed E-state index contributed by atoms with van der Waals surface area (Å²) in [6, 6.07) is 23.8. The van der Waals surface area contributed by atoms with Gasteiger partial charge >= 0.3 is 0 Å². The van der Waals surface area contributed by atoms with Gasteiger partial charge in [-0.25, -0.2) is 8.42 Å². The number of aromatic hydroxyl groups is 1. The van der Waals surface area contributed by atoms with Crippen molar-refractivity contribution in [2.24, 2.45) is 0 Å². The number of hydrogen-bond donors (Lipinski definition) is 3. The molecule has 1 aliphatic heterocycles. The fourth-order valence-electron chi connectivity index (χ4n) is 5.02. The molecule has 2 aliphatic rings. The zero-order valence-electron chi connectivity index (χ0n) is 21.6. The number of hydrogen-bond acceptors (Lipinski definition) is 6. The van der Waals surface area contributed by atoms with E-state index >= 15 is 0 Å². The van der Waals surface area contributed by atoms with E-state index in [4.69, 9.17) is 0 Å². The van der Waals surface area contributed by atoms with Crippen LogP contribution in [0.1, 0.15) is 34.7 Å². The van der Waals surface area contributed by atoms with Crippen LogP contribution < -0.4 is 10.6 Å². The van der Waals surface area contributed by atoms with Crippen LogP contribution in [-0.2, 0) is 14.6 Å². The quantitative estimate of drug-likeness (QED) is 0.380. The van der Waals surface area contributed by atoms with Crippen molar-refractivity contribution in [1.82, 2.24) is 15.5 Å². The average Bonchev–Trinajstić information content (AvgIpc) is 3.72. The van der Waals surface area contributed by atoms with Crippen molar-refractivity contribution >= 4 is 21.7 Å². The molecule has 0 bridgehead atoms. The summed E-state index contributed by atoms with van der Waals surface area (Å²) >= 11 is 0. The summed E-state index contributed by atoms with van der Waals surface area (Å²) < 4.78 is 23.7. The monoisotopic (exact) mass is 547 g/mol. The van der Waals surface area contributed by atoms with Crippen molar-refractivity contribution in [2.75, 3.05) is 31.1 Å². The van der Waals surface area contributed by atoms with E-state index in [1.165, 1.54) is 0 Å². The van der Waals surface area contributed by atoms with Crippen LogP contribution in [0.5, 0.6) is 5.75 Å². The molecular formula is C30H33N3O5S. The number of amides is 2. The predicted octanol–water partition coefficient (Wildman–Crippen LogP) is 2.95. The van der Waals surface area contributed by atoms with E-state index in [0.717, 1.165) is 23.1 Å². The molecule has 204 valence electrons. The van der Waals surface area contributed by atoms with Crippen LogP contribution in [0.2, 0.25) is 0 Å². The first kappa shape index (κ1) is 26.9. The molecular weight excluding hydrogens is 514 g/mol. The molecule has 8 nitrogen and oxygen atoms in total. The van der Waals surface area contributed by atoms with Gasteiger partial charge in [0.1, 0.15) is 11.8 Å². The molecule has 3 atom stereocenters. The van der Waals surface area contributed by atoms with E-state index in [1.54, 1.807) is 29.2 Å². The Kier molecular flexibility index (Phi) is 7.99. The van der Waals surface area contributed by atoms with Crippen molar-refractivity contribution in [3.05, 3.63) is 90.0 Å². The summed E-state index contributed by atoms with van der Waals surface area (Å²) in [5.41, 5.74) is 3.65. The Morgan fingerprint density at radius 1 is 0.897 bits per heavy atom. The normalized spacial score (nSPS) is 20.7. The molecule has 1 saturated carbocycles. The van der Waals surface area contributed by atoms with Crippen molar-refractivity contribution in [3.8, 4) is 16.9 Å². The van der Waals surface area contributed by atoms with Gasteiger partial charge in [0.25, 0.3) is 5.91 Å². The lowest BCUT2D eigenvalue weighted by Gasteiger charge is -2.30. The third-order valence-electron chi connectivity index (χ3n) is 7.46. The van der Waals surface area contributed by atoms with Gasteiger partial charge in [0, 0.05) is 30.6 Å². The van der Waals surface area contributed by atoms with Gasteiger partial charge in [-0.2, -0.15) is 0 Å². The standard InChI is InChI=1S/C30H33N3O5S/c34-25-12-10-23(11-13-25)26-20-28(26)31-15-14-27(30(36)33-16-18-39(37,38)19-17-33)32-29(35)24-8-6-22(7-9-24)21-4-2-1-3-5-21/h1-13,26-28,31,34H,14-20H2,(H,32,35)/t26-,27-,28+/m0/s1. The maximum absolute atomic E-state index is 13.4. The largest absolute Gasteiger partial charge is 0.508 e. The molecule has 39 heavy (non-hydrogen) atoms. The highest BCUT2D eigenvalue weighted by Crippen LogP contribution is 2.41. The molecule has 3 aromatic rings. The van der Waals surface area contributed by atoms with E-state index in [0.29, 0.717) is 24.4 Å². The van der Waals surface area contributed by atoms with Crippen LogP contribution >= 0.6 is 0 Å². The van der Waals surface area contributed by atoms with Gasteiger partial charge in [-0.05, 0) is 60.3 Å². The summed E-state index contributed by atoms with van der Waals surface area (Å²) in [5.74, 6) is -0.131. The fraction of sp³-hybridized carbons (Fsp3) is 0.333. The number of nitrogens with one attached hydrogen (secondary N) is 2. The van der Waals surface area contributed by atoms with Crippen LogP contribution in [0.15, 0.2) is 78.9 Å². The summed E-state index contributed by atoms with van der Waals surface area (Å²) in [5, 5.41) is 15.9. The van der Waals surface area contributed by atoms with Crippen LogP contribution in [0.4, 0.5) is 0 Å². The molecule has 0 unspecified atom stereocenters. The Morgan fingerprint density at radius 3 is 2.21 bits per heavy atom. The van der Waals surface area contributed by atoms with Crippen molar-refractivity contribution in [3.63, 3.8) is 0 Å². The Bertz CT molecular complexity index is 1400. The van der Waals surface area contributed by atoms with Crippen molar-refractivity contribution in [2.45, 2.75) is 30.8 Å². The van der Waals surface area contributed by atoms with Gasteiger partial charge in [-0.3, -0.25) is 9.59 Å². The van der Waals surface area contributed by atoms with E-state index in [1.807, 2.05) is 54.6 Å². The highest BCUT2D eigenvalue weighted by atomic mass is 32.2. The molecule has 1 aliphatic carbocycles. The highest BCUT2D eigenvalue weighted by molar-refractivity contribution is 7.91. The van der Waals surface area contributed by atoms with E-state index in [9.17, 15) is 23.1 Å². The highest BCUT2D eigenvalue weighted by Gasteiger charge is 2.38. The minimum absolute atomic E-state index is 0.0605. The zero-order valence-corrected chi connectivity index (χ0v) is 22.4.